The van der Waals surface area contributed by atoms with Gasteiger partial charge in [-0.15, -0.1) is 0 Å². The molecule has 2 heterocycles. The number of carbonyl (C=O) groups excluding carboxylic acids is 2. The topological polar surface area (TPSA) is 111 Å². The van der Waals surface area contributed by atoms with Crippen LogP contribution >= 0.6 is 0 Å². The number of hydrogen-bond acceptors (Lipinski definition) is 6. The second kappa shape index (κ2) is 8.72. The molecule has 0 bridgehead atoms. The third-order valence-corrected chi connectivity index (χ3v) is 5.19. The minimum Gasteiger partial charge on any atom is -0.326 e. The molecule has 0 spiro atoms. The van der Waals surface area contributed by atoms with E-state index < -0.39 is 0 Å². The summed E-state index contributed by atoms with van der Waals surface area (Å²) in [5, 5.41) is 15.2. The van der Waals surface area contributed by atoms with Gasteiger partial charge in [-0.2, -0.15) is 5.26 Å². The van der Waals surface area contributed by atoms with E-state index in [1.807, 2.05) is 0 Å². The number of nitriles is 1. The highest BCUT2D eigenvalue weighted by atomic mass is 16.2. The van der Waals surface area contributed by atoms with Gasteiger partial charge in [-0.05, 0) is 38.5 Å². The van der Waals surface area contributed by atoms with E-state index in [0.29, 0.717) is 12.2 Å². The fourth-order valence-corrected chi connectivity index (χ4v) is 3.70. The maximum atomic E-state index is 12.3. The minimum atomic E-state index is -0.273. The number of likely N-dealkylation sites (tertiary alicyclic amines) is 1. The molecular weight excluding hydrogens is 332 g/mol. The smallest absolute Gasteiger partial charge is 0.237 e. The number of aromatic nitrogens is 2. The molecule has 3 rings (SSSR count). The molecule has 0 radical (unpaired) electrons. The third kappa shape index (κ3) is 4.55. The maximum absolute atomic E-state index is 12.3. The van der Waals surface area contributed by atoms with E-state index in [2.05, 4.69) is 26.7 Å². The van der Waals surface area contributed by atoms with Crippen molar-refractivity contribution >= 4 is 17.5 Å². The highest BCUT2D eigenvalue weighted by Crippen LogP contribution is 2.25. The van der Waals surface area contributed by atoms with Gasteiger partial charge in [-0.1, -0.05) is 0 Å². The Labute approximate surface area is 153 Å². The van der Waals surface area contributed by atoms with Gasteiger partial charge in [-0.3, -0.25) is 9.59 Å². The van der Waals surface area contributed by atoms with E-state index >= 15 is 0 Å². The Morgan fingerprint density at radius 3 is 2.62 bits per heavy atom. The standard InChI is InChI=1S/C18H24N6O2/c19-8-16-2-1-7-24(16)17(25)11-22-14-5-3-13(4-6-14)18(26)23-15-9-20-12-21-10-15/h9-10,12-14,16,22H,1-7,11H2,(H,23,26)/t13-,14-,16-/m0/s1. The highest BCUT2D eigenvalue weighted by molar-refractivity contribution is 5.92. The summed E-state index contributed by atoms with van der Waals surface area (Å²) in [5.74, 6) is -0.0215. The van der Waals surface area contributed by atoms with Crippen molar-refractivity contribution in [2.45, 2.75) is 50.6 Å². The second-order valence-electron chi connectivity index (χ2n) is 6.92. The van der Waals surface area contributed by atoms with Gasteiger partial charge in [0.25, 0.3) is 0 Å². The summed E-state index contributed by atoms with van der Waals surface area (Å²) >= 11 is 0. The Hall–Kier alpha value is -2.53. The molecule has 2 N–H and O–H groups in total. The SMILES string of the molecule is N#C[C@@H]1CCCN1C(=O)CN[C@H]1CC[C@H](C(=O)Nc2cncnc2)CC1. The predicted molar refractivity (Wildman–Crippen MR) is 94.8 cm³/mol. The lowest BCUT2D eigenvalue weighted by Gasteiger charge is -2.29. The van der Waals surface area contributed by atoms with Crippen LogP contribution in [0, 0.1) is 17.2 Å². The Bertz CT molecular complexity index is 666. The van der Waals surface area contributed by atoms with Crippen molar-refractivity contribution in [3.05, 3.63) is 18.7 Å². The lowest BCUT2D eigenvalue weighted by Crippen LogP contribution is -2.44. The summed E-state index contributed by atoms with van der Waals surface area (Å²) in [5.41, 5.74) is 0.612. The van der Waals surface area contributed by atoms with Gasteiger partial charge >= 0.3 is 0 Å². The minimum absolute atomic E-state index is 0.00186. The van der Waals surface area contributed by atoms with Crippen LogP contribution in [-0.2, 0) is 9.59 Å². The normalized spacial score (nSPS) is 25.5. The first kappa shape index (κ1) is 18.3. The van der Waals surface area contributed by atoms with E-state index in [0.717, 1.165) is 38.5 Å². The molecule has 1 saturated heterocycles. The fraction of sp³-hybridized carbons (Fsp3) is 0.611. The molecular formula is C18H24N6O2. The van der Waals surface area contributed by atoms with E-state index in [1.165, 1.54) is 6.33 Å². The Morgan fingerprint density at radius 2 is 1.92 bits per heavy atom. The van der Waals surface area contributed by atoms with Gasteiger partial charge in [-0.25, -0.2) is 9.97 Å². The molecule has 1 atom stereocenters. The van der Waals surface area contributed by atoms with Gasteiger partial charge < -0.3 is 15.5 Å². The molecule has 2 fully saturated rings. The summed E-state index contributed by atoms with van der Waals surface area (Å²) in [6.45, 7) is 0.940. The number of rotatable bonds is 5. The molecule has 8 nitrogen and oxygen atoms in total. The first-order valence-corrected chi connectivity index (χ1v) is 9.15. The maximum Gasteiger partial charge on any atom is 0.237 e. The van der Waals surface area contributed by atoms with Crippen LogP contribution in [0.5, 0.6) is 0 Å². The first-order chi connectivity index (χ1) is 12.7. The van der Waals surface area contributed by atoms with E-state index in [-0.39, 0.29) is 36.4 Å². The summed E-state index contributed by atoms with van der Waals surface area (Å²) in [6, 6.07) is 2.16. The van der Waals surface area contributed by atoms with Crippen LogP contribution in [0.1, 0.15) is 38.5 Å². The Kier molecular flexibility index (Phi) is 6.12. The molecule has 0 unspecified atom stereocenters. The zero-order valence-corrected chi connectivity index (χ0v) is 14.7. The van der Waals surface area contributed by atoms with Gasteiger partial charge in [0.15, 0.2) is 0 Å². The molecule has 8 heteroatoms. The van der Waals surface area contributed by atoms with Gasteiger partial charge in [0.05, 0.1) is 30.7 Å². The third-order valence-electron chi connectivity index (χ3n) is 5.19. The van der Waals surface area contributed by atoms with E-state index in [1.54, 1.807) is 17.3 Å². The van der Waals surface area contributed by atoms with Crippen LogP contribution in [-0.4, -0.2) is 51.9 Å². The molecule has 2 amide bonds. The van der Waals surface area contributed by atoms with Gasteiger partial charge in [0.2, 0.25) is 11.8 Å². The number of nitrogens with zero attached hydrogens (tertiary/aromatic N) is 4. The van der Waals surface area contributed by atoms with Crippen molar-refractivity contribution in [1.29, 1.82) is 5.26 Å². The van der Waals surface area contributed by atoms with Crippen molar-refractivity contribution in [2.75, 3.05) is 18.4 Å². The average Bonchev–Trinajstić information content (AvgIpc) is 3.16. The lowest BCUT2D eigenvalue weighted by atomic mass is 9.85. The number of amides is 2. The number of anilines is 1. The molecule has 26 heavy (non-hydrogen) atoms. The molecule has 1 aromatic rings. The molecule has 138 valence electrons. The van der Waals surface area contributed by atoms with Gasteiger partial charge in [0, 0.05) is 18.5 Å². The Balaban J connectivity index is 1.39. The van der Waals surface area contributed by atoms with Crippen LogP contribution in [0.2, 0.25) is 0 Å². The number of carbonyl (C=O) groups is 2. The molecule has 1 aromatic heterocycles. The average molecular weight is 356 g/mol. The fourth-order valence-electron chi connectivity index (χ4n) is 3.70. The van der Waals surface area contributed by atoms with Crippen LogP contribution in [0.4, 0.5) is 5.69 Å². The quantitative estimate of drug-likeness (QED) is 0.817. The van der Waals surface area contributed by atoms with Gasteiger partial charge in [0.1, 0.15) is 12.4 Å². The molecule has 1 aliphatic heterocycles. The second-order valence-corrected chi connectivity index (χ2v) is 6.92. The van der Waals surface area contributed by atoms with Crippen molar-refractivity contribution in [2.24, 2.45) is 5.92 Å². The van der Waals surface area contributed by atoms with Crippen LogP contribution in [0.15, 0.2) is 18.7 Å². The Morgan fingerprint density at radius 1 is 1.19 bits per heavy atom. The van der Waals surface area contributed by atoms with Crippen molar-refractivity contribution in [3.8, 4) is 6.07 Å². The van der Waals surface area contributed by atoms with Crippen LogP contribution in [0.25, 0.3) is 0 Å². The van der Waals surface area contributed by atoms with Crippen molar-refractivity contribution in [3.63, 3.8) is 0 Å². The monoisotopic (exact) mass is 356 g/mol. The summed E-state index contributed by atoms with van der Waals surface area (Å²) in [4.78, 5) is 34.0. The molecule has 1 saturated carbocycles. The van der Waals surface area contributed by atoms with Crippen molar-refractivity contribution < 1.29 is 9.59 Å². The number of hydrogen-bond donors (Lipinski definition) is 2. The lowest BCUT2D eigenvalue weighted by molar-refractivity contribution is -0.130. The van der Waals surface area contributed by atoms with E-state index in [4.69, 9.17) is 5.26 Å². The first-order valence-electron chi connectivity index (χ1n) is 9.15. The zero-order valence-electron chi connectivity index (χ0n) is 14.7. The largest absolute Gasteiger partial charge is 0.326 e. The molecule has 1 aliphatic carbocycles. The summed E-state index contributed by atoms with van der Waals surface area (Å²) in [7, 11) is 0. The molecule has 2 aliphatic rings. The summed E-state index contributed by atoms with van der Waals surface area (Å²) < 4.78 is 0. The summed E-state index contributed by atoms with van der Waals surface area (Å²) in [6.07, 6.45) is 9.55. The highest BCUT2D eigenvalue weighted by Gasteiger charge is 2.30. The molecule has 0 aromatic carbocycles. The predicted octanol–water partition coefficient (Wildman–Crippen LogP) is 1.08. The number of nitrogens with one attached hydrogen (secondary N) is 2. The van der Waals surface area contributed by atoms with Crippen LogP contribution in [0.3, 0.4) is 0 Å². The van der Waals surface area contributed by atoms with Crippen molar-refractivity contribution in [1.82, 2.24) is 20.2 Å². The zero-order chi connectivity index (χ0) is 18.4. The van der Waals surface area contributed by atoms with Crippen LogP contribution < -0.4 is 10.6 Å². The van der Waals surface area contributed by atoms with E-state index in [9.17, 15) is 9.59 Å².